The summed E-state index contributed by atoms with van der Waals surface area (Å²) >= 11 is 3.49. The number of likely N-dealkylation sites (tertiary alicyclic amines) is 1. The number of hydrogen-bond donors (Lipinski definition) is 1. The van der Waals surface area contributed by atoms with Crippen LogP contribution in [0.3, 0.4) is 0 Å². The first-order valence-electron chi connectivity index (χ1n) is 10.7. The predicted octanol–water partition coefficient (Wildman–Crippen LogP) is 4.20. The Morgan fingerprint density at radius 1 is 1.18 bits per heavy atom. The third-order valence-corrected chi connectivity index (χ3v) is 6.64. The van der Waals surface area contributed by atoms with Gasteiger partial charge in [0.1, 0.15) is 5.82 Å². The zero-order valence-corrected chi connectivity index (χ0v) is 19.9. The van der Waals surface area contributed by atoms with Crippen molar-refractivity contribution in [3.8, 4) is 5.69 Å². The van der Waals surface area contributed by atoms with Crippen molar-refractivity contribution in [3.63, 3.8) is 0 Å². The van der Waals surface area contributed by atoms with E-state index in [0.717, 1.165) is 31.6 Å². The highest BCUT2D eigenvalue weighted by Crippen LogP contribution is 2.26. The first kappa shape index (κ1) is 21.7. The molecule has 1 fully saturated rings. The SMILES string of the molecule is Cc1cccc(F)c1-n1cc(Br)c2nc(Nc3cnn(C4CCN(C)CC4)c3)ncc2c1=O. The number of halogens is 2. The molecule has 0 spiro atoms. The van der Waals surface area contributed by atoms with Gasteiger partial charge in [-0.3, -0.25) is 14.0 Å². The van der Waals surface area contributed by atoms with Crippen LogP contribution in [0.1, 0.15) is 24.4 Å². The average Bonchev–Trinajstić information content (AvgIpc) is 3.26. The van der Waals surface area contributed by atoms with Crippen LogP contribution in [0.15, 0.2) is 52.3 Å². The summed E-state index contributed by atoms with van der Waals surface area (Å²) < 4.78 is 18.3. The molecule has 4 aromatic rings. The van der Waals surface area contributed by atoms with Crippen molar-refractivity contribution in [2.75, 3.05) is 25.5 Å². The molecule has 1 saturated heterocycles. The molecular formula is C23H23BrFN7O. The predicted molar refractivity (Wildman–Crippen MR) is 129 cm³/mol. The molecule has 5 rings (SSSR count). The van der Waals surface area contributed by atoms with Crippen molar-refractivity contribution in [3.05, 3.63) is 69.2 Å². The number of para-hydroxylation sites is 1. The Balaban J connectivity index is 1.45. The number of pyridine rings is 1. The number of aryl methyl sites for hydroxylation is 1. The summed E-state index contributed by atoms with van der Waals surface area (Å²) in [6, 6.07) is 5.09. The van der Waals surface area contributed by atoms with E-state index in [1.807, 2.05) is 10.9 Å². The molecule has 0 saturated carbocycles. The van der Waals surface area contributed by atoms with Gasteiger partial charge in [0, 0.05) is 18.6 Å². The van der Waals surface area contributed by atoms with Gasteiger partial charge >= 0.3 is 0 Å². The molecule has 1 aliphatic heterocycles. The number of fused-ring (bicyclic) bond motifs is 1. The largest absolute Gasteiger partial charge is 0.321 e. The molecule has 0 amide bonds. The van der Waals surface area contributed by atoms with Crippen LogP contribution in [-0.4, -0.2) is 49.4 Å². The van der Waals surface area contributed by atoms with Gasteiger partial charge in [-0.2, -0.15) is 5.10 Å². The Bertz CT molecular complexity index is 1370. The number of hydrogen-bond acceptors (Lipinski definition) is 6. The molecule has 0 atom stereocenters. The summed E-state index contributed by atoms with van der Waals surface area (Å²) in [6.45, 7) is 3.87. The van der Waals surface area contributed by atoms with E-state index in [2.05, 4.69) is 48.3 Å². The summed E-state index contributed by atoms with van der Waals surface area (Å²) in [7, 11) is 2.13. The maximum Gasteiger partial charge on any atom is 0.266 e. The minimum absolute atomic E-state index is 0.216. The number of anilines is 2. The van der Waals surface area contributed by atoms with Crippen molar-refractivity contribution in [1.29, 1.82) is 0 Å². The molecule has 10 heteroatoms. The average molecular weight is 512 g/mol. The summed E-state index contributed by atoms with van der Waals surface area (Å²) in [4.78, 5) is 24.3. The third-order valence-electron chi connectivity index (χ3n) is 6.06. The minimum Gasteiger partial charge on any atom is -0.321 e. The second kappa shape index (κ2) is 8.68. The van der Waals surface area contributed by atoms with Crippen LogP contribution in [0.25, 0.3) is 16.6 Å². The molecule has 1 N–H and O–H groups in total. The minimum atomic E-state index is -0.468. The first-order chi connectivity index (χ1) is 15.9. The fourth-order valence-corrected chi connectivity index (χ4v) is 4.74. The monoisotopic (exact) mass is 511 g/mol. The van der Waals surface area contributed by atoms with Crippen molar-refractivity contribution in [2.45, 2.75) is 25.8 Å². The molecule has 8 nitrogen and oxygen atoms in total. The Morgan fingerprint density at radius 3 is 2.73 bits per heavy atom. The molecule has 33 heavy (non-hydrogen) atoms. The number of benzene rings is 1. The van der Waals surface area contributed by atoms with Crippen LogP contribution < -0.4 is 10.9 Å². The van der Waals surface area contributed by atoms with Gasteiger partial charge < -0.3 is 10.2 Å². The normalized spacial score (nSPS) is 15.3. The highest BCUT2D eigenvalue weighted by atomic mass is 79.9. The van der Waals surface area contributed by atoms with Crippen LogP contribution in [0.2, 0.25) is 0 Å². The molecule has 1 aromatic carbocycles. The van der Waals surface area contributed by atoms with Gasteiger partial charge in [0.2, 0.25) is 5.95 Å². The number of nitrogens with one attached hydrogen (secondary N) is 1. The number of aromatic nitrogens is 5. The fourth-order valence-electron chi connectivity index (χ4n) is 4.23. The second-order valence-corrected chi connectivity index (χ2v) is 9.24. The molecule has 170 valence electrons. The van der Waals surface area contributed by atoms with E-state index in [-0.39, 0.29) is 11.2 Å². The lowest BCUT2D eigenvalue weighted by Gasteiger charge is -2.28. The third kappa shape index (κ3) is 4.16. The van der Waals surface area contributed by atoms with E-state index in [1.54, 1.807) is 31.5 Å². The summed E-state index contributed by atoms with van der Waals surface area (Å²) in [6.07, 6.45) is 8.84. The van der Waals surface area contributed by atoms with Gasteiger partial charge in [-0.15, -0.1) is 0 Å². The van der Waals surface area contributed by atoms with Crippen LogP contribution in [-0.2, 0) is 0 Å². The maximum atomic E-state index is 14.5. The van der Waals surface area contributed by atoms with Crippen molar-refractivity contribution >= 4 is 38.5 Å². The Hall–Kier alpha value is -3.11. The lowest BCUT2D eigenvalue weighted by atomic mass is 10.1. The van der Waals surface area contributed by atoms with E-state index in [0.29, 0.717) is 32.9 Å². The molecule has 4 heterocycles. The smallest absolute Gasteiger partial charge is 0.266 e. The highest BCUT2D eigenvalue weighted by molar-refractivity contribution is 9.10. The van der Waals surface area contributed by atoms with Gasteiger partial charge in [-0.25, -0.2) is 14.4 Å². The lowest BCUT2D eigenvalue weighted by molar-refractivity contribution is 0.212. The van der Waals surface area contributed by atoms with Gasteiger partial charge in [0.05, 0.1) is 39.0 Å². The standard InChI is InChI=1S/C23H23BrFN7O/c1-14-4-3-5-19(25)21(14)31-13-18(24)20-17(22(31)33)11-26-23(29-20)28-15-10-27-32(12-15)16-6-8-30(2)9-7-16/h3-5,10-13,16H,6-9H2,1-2H3,(H,26,28,29). The number of nitrogens with zero attached hydrogens (tertiary/aromatic N) is 6. The van der Waals surface area contributed by atoms with E-state index in [1.165, 1.54) is 16.8 Å². The van der Waals surface area contributed by atoms with Gasteiger partial charge in [0.15, 0.2) is 0 Å². The van der Waals surface area contributed by atoms with Gasteiger partial charge in [-0.05, 0) is 67.5 Å². The van der Waals surface area contributed by atoms with E-state index in [4.69, 9.17) is 0 Å². The topological polar surface area (TPSA) is 80.9 Å². The van der Waals surface area contributed by atoms with Gasteiger partial charge in [0.25, 0.3) is 5.56 Å². The van der Waals surface area contributed by atoms with Gasteiger partial charge in [-0.1, -0.05) is 12.1 Å². The molecular weight excluding hydrogens is 489 g/mol. The molecule has 0 radical (unpaired) electrons. The Morgan fingerprint density at radius 2 is 1.97 bits per heavy atom. The molecule has 3 aromatic heterocycles. The zero-order chi connectivity index (χ0) is 23.1. The zero-order valence-electron chi connectivity index (χ0n) is 18.3. The number of piperidine rings is 1. The number of rotatable bonds is 4. The summed E-state index contributed by atoms with van der Waals surface area (Å²) in [5.74, 6) is -0.116. The van der Waals surface area contributed by atoms with Crippen LogP contribution >= 0.6 is 15.9 Å². The molecule has 0 bridgehead atoms. The second-order valence-electron chi connectivity index (χ2n) is 8.38. The van der Waals surface area contributed by atoms with E-state index < -0.39 is 5.82 Å². The van der Waals surface area contributed by atoms with Crippen LogP contribution in [0, 0.1) is 12.7 Å². The summed E-state index contributed by atoms with van der Waals surface area (Å²) in [5.41, 5.74) is 1.71. The van der Waals surface area contributed by atoms with Crippen LogP contribution in [0.5, 0.6) is 0 Å². The quantitative estimate of drug-likeness (QED) is 0.442. The van der Waals surface area contributed by atoms with E-state index in [9.17, 15) is 9.18 Å². The maximum absolute atomic E-state index is 14.5. The molecule has 1 aliphatic rings. The van der Waals surface area contributed by atoms with Crippen molar-refractivity contribution < 1.29 is 4.39 Å². The van der Waals surface area contributed by atoms with Crippen LogP contribution in [0.4, 0.5) is 16.0 Å². The highest BCUT2D eigenvalue weighted by Gasteiger charge is 2.19. The fraction of sp³-hybridized carbons (Fsp3) is 0.304. The van der Waals surface area contributed by atoms with Crippen molar-refractivity contribution in [2.24, 2.45) is 0 Å². The Labute approximate surface area is 198 Å². The molecule has 0 aliphatic carbocycles. The van der Waals surface area contributed by atoms with E-state index >= 15 is 0 Å². The van der Waals surface area contributed by atoms with Crippen molar-refractivity contribution in [1.82, 2.24) is 29.2 Å². The summed E-state index contributed by atoms with van der Waals surface area (Å²) in [5, 5.41) is 7.96. The first-order valence-corrected chi connectivity index (χ1v) is 11.5. The lowest BCUT2D eigenvalue weighted by Crippen LogP contribution is -2.31. The molecule has 0 unspecified atom stereocenters. The Kier molecular flexibility index (Phi) is 5.71.